The molecule has 2 aliphatic heterocycles. The number of nitrogens with zero attached hydrogens (tertiary/aromatic N) is 2. The molecule has 20 heavy (non-hydrogen) atoms. The summed E-state index contributed by atoms with van der Waals surface area (Å²) in [6.07, 6.45) is 4.35. The van der Waals surface area contributed by atoms with E-state index in [-0.39, 0.29) is 0 Å². The average Bonchev–Trinajstić information content (AvgIpc) is 2.52. The first-order valence-corrected chi connectivity index (χ1v) is 8.28. The van der Waals surface area contributed by atoms with Crippen LogP contribution in [0.25, 0.3) is 0 Å². The van der Waals surface area contributed by atoms with Crippen molar-refractivity contribution in [2.24, 2.45) is 5.92 Å². The van der Waals surface area contributed by atoms with E-state index >= 15 is 0 Å². The Balaban J connectivity index is 1.83. The largest absolute Gasteiger partial charge is 0.381 e. The molecule has 0 saturated carbocycles. The van der Waals surface area contributed by atoms with Gasteiger partial charge in [-0.25, -0.2) is 4.98 Å². The molecule has 2 saturated heterocycles. The molecule has 3 rings (SSSR count). The zero-order valence-electron chi connectivity index (χ0n) is 11.7. The molecule has 2 aliphatic rings. The fourth-order valence-corrected chi connectivity index (χ4v) is 3.57. The second-order valence-electron chi connectivity index (χ2n) is 5.59. The second kappa shape index (κ2) is 6.98. The van der Waals surface area contributed by atoms with Crippen molar-refractivity contribution in [2.75, 3.05) is 39.4 Å². The van der Waals surface area contributed by atoms with E-state index in [1.165, 1.54) is 5.56 Å². The quantitative estimate of drug-likeness (QED) is 0.857. The smallest absolute Gasteiger partial charge is 0.106 e. The van der Waals surface area contributed by atoms with Gasteiger partial charge in [-0.1, -0.05) is 6.07 Å². The van der Waals surface area contributed by atoms with Crippen LogP contribution in [0.2, 0.25) is 0 Å². The predicted octanol–water partition coefficient (Wildman–Crippen LogP) is 2.22. The van der Waals surface area contributed by atoms with Gasteiger partial charge in [-0.3, -0.25) is 4.90 Å². The molecule has 0 amide bonds. The van der Waals surface area contributed by atoms with E-state index in [0.29, 0.717) is 12.0 Å². The van der Waals surface area contributed by atoms with Crippen molar-refractivity contribution >= 4 is 15.9 Å². The maximum atomic E-state index is 5.54. The Bertz CT molecular complexity index is 396. The van der Waals surface area contributed by atoms with Gasteiger partial charge in [-0.05, 0) is 46.3 Å². The highest BCUT2D eigenvalue weighted by Gasteiger charge is 2.31. The molecule has 1 aromatic rings. The lowest BCUT2D eigenvalue weighted by atomic mass is 9.86. The highest BCUT2D eigenvalue weighted by molar-refractivity contribution is 9.10. The second-order valence-corrected chi connectivity index (χ2v) is 6.41. The highest BCUT2D eigenvalue weighted by atomic mass is 79.9. The van der Waals surface area contributed by atoms with Crippen LogP contribution < -0.4 is 5.32 Å². The fourth-order valence-electron chi connectivity index (χ4n) is 3.34. The third kappa shape index (κ3) is 3.39. The van der Waals surface area contributed by atoms with Gasteiger partial charge in [0.05, 0.1) is 0 Å². The van der Waals surface area contributed by atoms with Gasteiger partial charge in [0.2, 0.25) is 0 Å². The molecule has 0 aliphatic carbocycles. The maximum Gasteiger partial charge on any atom is 0.106 e. The summed E-state index contributed by atoms with van der Waals surface area (Å²) in [5.74, 6) is 0.685. The standard InChI is InChI=1S/C15H22BrN3O/c16-14-2-1-13(11-18-14)15(12-3-9-20-10-4-12)19-7-5-17-6-8-19/h1-2,11-12,15,17H,3-10H2/t15-/m0/s1. The number of hydrogen-bond acceptors (Lipinski definition) is 4. The predicted molar refractivity (Wildman–Crippen MR) is 82.7 cm³/mol. The SMILES string of the molecule is Brc1ccc([C@H](C2CCOCC2)N2CCNCC2)cn1. The van der Waals surface area contributed by atoms with Gasteiger partial charge in [0.15, 0.2) is 0 Å². The molecule has 1 N–H and O–H groups in total. The normalized spacial score (nSPS) is 23.6. The van der Waals surface area contributed by atoms with E-state index in [9.17, 15) is 0 Å². The average molecular weight is 340 g/mol. The van der Waals surface area contributed by atoms with E-state index in [4.69, 9.17) is 4.74 Å². The minimum absolute atomic E-state index is 0.488. The van der Waals surface area contributed by atoms with Gasteiger partial charge in [0.1, 0.15) is 4.60 Å². The molecule has 1 aromatic heterocycles. The Kier molecular flexibility index (Phi) is 5.04. The molecule has 0 aromatic carbocycles. The summed E-state index contributed by atoms with van der Waals surface area (Å²) >= 11 is 3.43. The molecule has 110 valence electrons. The lowest BCUT2D eigenvalue weighted by Crippen LogP contribution is -2.47. The van der Waals surface area contributed by atoms with Gasteiger partial charge >= 0.3 is 0 Å². The van der Waals surface area contributed by atoms with Crippen molar-refractivity contribution in [3.63, 3.8) is 0 Å². The minimum Gasteiger partial charge on any atom is -0.381 e. The van der Waals surface area contributed by atoms with Gasteiger partial charge < -0.3 is 10.1 Å². The van der Waals surface area contributed by atoms with Crippen LogP contribution in [0.3, 0.4) is 0 Å². The fraction of sp³-hybridized carbons (Fsp3) is 0.667. The van der Waals surface area contributed by atoms with Crippen molar-refractivity contribution in [3.8, 4) is 0 Å². The van der Waals surface area contributed by atoms with Crippen molar-refractivity contribution in [1.29, 1.82) is 0 Å². The zero-order valence-corrected chi connectivity index (χ0v) is 13.3. The number of piperazine rings is 1. The lowest BCUT2D eigenvalue weighted by molar-refractivity contribution is 0.0212. The van der Waals surface area contributed by atoms with E-state index in [1.807, 2.05) is 6.20 Å². The third-order valence-electron chi connectivity index (χ3n) is 4.35. The molecule has 1 atom stereocenters. The molecular weight excluding hydrogens is 318 g/mol. The van der Waals surface area contributed by atoms with E-state index in [0.717, 1.165) is 56.8 Å². The van der Waals surface area contributed by atoms with Crippen LogP contribution in [0.15, 0.2) is 22.9 Å². The topological polar surface area (TPSA) is 37.4 Å². The van der Waals surface area contributed by atoms with Gasteiger partial charge in [-0.15, -0.1) is 0 Å². The first-order valence-electron chi connectivity index (χ1n) is 7.48. The van der Waals surface area contributed by atoms with Crippen molar-refractivity contribution < 1.29 is 4.74 Å². The number of pyridine rings is 1. The summed E-state index contributed by atoms with van der Waals surface area (Å²) in [6, 6.07) is 4.77. The van der Waals surface area contributed by atoms with Crippen LogP contribution in [-0.4, -0.2) is 49.3 Å². The molecule has 5 heteroatoms. The number of hydrogen-bond donors (Lipinski definition) is 1. The molecule has 3 heterocycles. The first kappa shape index (κ1) is 14.4. The van der Waals surface area contributed by atoms with Crippen molar-refractivity contribution in [1.82, 2.24) is 15.2 Å². The number of rotatable bonds is 3. The Morgan fingerprint density at radius 1 is 1.25 bits per heavy atom. The molecule has 4 nitrogen and oxygen atoms in total. The lowest BCUT2D eigenvalue weighted by Gasteiger charge is -2.41. The van der Waals surface area contributed by atoms with Crippen LogP contribution >= 0.6 is 15.9 Å². The summed E-state index contributed by atoms with van der Waals surface area (Å²) in [4.78, 5) is 7.06. The maximum absolute atomic E-state index is 5.54. The van der Waals surface area contributed by atoms with Crippen molar-refractivity contribution in [3.05, 3.63) is 28.5 Å². The Labute approximate surface area is 129 Å². The Morgan fingerprint density at radius 3 is 2.65 bits per heavy atom. The summed E-state index contributed by atoms with van der Waals surface area (Å²) in [7, 11) is 0. The van der Waals surface area contributed by atoms with Gasteiger partial charge in [0, 0.05) is 51.6 Å². The molecular formula is C15H22BrN3O. The minimum atomic E-state index is 0.488. The molecule has 0 radical (unpaired) electrons. The van der Waals surface area contributed by atoms with Crippen LogP contribution in [-0.2, 0) is 4.74 Å². The highest BCUT2D eigenvalue weighted by Crippen LogP contribution is 2.35. The van der Waals surface area contributed by atoms with E-state index in [1.54, 1.807) is 0 Å². The van der Waals surface area contributed by atoms with E-state index in [2.05, 4.69) is 43.3 Å². The Morgan fingerprint density at radius 2 is 2.00 bits per heavy atom. The summed E-state index contributed by atoms with van der Waals surface area (Å²) in [6.45, 7) is 6.22. The number of nitrogens with one attached hydrogen (secondary N) is 1. The van der Waals surface area contributed by atoms with Gasteiger partial charge in [-0.2, -0.15) is 0 Å². The van der Waals surface area contributed by atoms with Crippen LogP contribution in [0, 0.1) is 5.92 Å². The monoisotopic (exact) mass is 339 g/mol. The third-order valence-corrected chi connectivity index (χ3v) is 4.82. The summed E-state index contributed by atoms with van der Waals surface area (Å²) in [5, 5.41) is 3.44. The summed E-state index contributed by atoms with van der Waals surface area (Å²) < 4.78 is 6.45. The molecule has 2 fully saturated rings. The van der Waals surface area contributed by atoms with Crippen molar-refractivity contribution in [2.45, 2.75) is 18.9 Å². The van der Waals surface area contributed by atoms with Crippen LogP contribution in [0.4, 0.5) is 0 Å². The molecule has 0 unspecified atom stereocenters. The Hall–Kier alpha value is -0.490. The zero-order chi connectivity index (χ0) is 13.8. The van der Waals surface area contributed by atoms with E-state index < -0.39 is 0 Å². The summed E-state index contributed by atoms with van der Waals surface area (Å²) in [5.41, 5.74) is 1.35. The van der Waals surface area contributed by atoms with Crippen LogP contribution in [0.1, 0.15) is 24.4 Å². The van der Waals surface area contributed by atoms with Gasteiger partial charge in [0.25, 0.3) is 0 Å². The molecule has 0 bridgehead atoms. The number of aromatic nitrogens is 1. The number of halogens is 1. The van der Waals surface area contributed by atoms with Crippen LogP contribution in [0.5, 0.6) is 0 Å². The first-order chi connectivity index (χ1) is 9.84. The molecule has 0 spiro atoms. The number of ether oxygens (including phenoxy) is 1.